The molecule has 172 valence electrons. The summed E-state index contributed by atoms with van der Waals surface area (Å²) in [6.07, 6.45) is 2.73. The number of rotatable bonds is 5. The Morgan fingerprint density at radius 2 is 1.91 bits per heavy atom. The van der Waals surface area contributed by atoms with Crippen LogP contribution in [0.5, 0.6) is 11.8 Å². The second-order valence-corrected chi connectivity index (χ2v) is 8.87. The SMILES string of the molecule is CN1CCCC(Oc2nc(-c3cccc(O)c3)nc(N3Cc4ccccc4C[C@@H]3CO)n2)C1. The third-order valence-corrected chi connectivity index (χ3v) is 6.38. The number of aliphatic hydroxyl groups is 1. The van der Waals surface area contributed by atoms with E-state index >= 15 is 0 Å². The van der Waals surface area contributed by atoms with Gasteiger partial charge in [-0.1, -0.05) is 36.4 Å². The summed E-state index contributed by atoms with van der Waals surface area (Å²) in [5.41, 5.74) is 3.11. The average Bonchev–Trinajstić information content (AvgIpc) is 2.83. The number of phenolic OH excluding ortho intramolecular Hbond substituents is 1. The second kappa shape index (κ2) is 9.33. The third kappa shape index (κ3) is 4.77. The minimum Gasteiger partial charge on any atom is -0.508 e. The topological polar surface area (TPSA) is 94.8 Å². The summed E-state index contributed by atoms with van der Waals surface area (Å²) in [6, 6.07) is 15.2. The van der Waals surface area contributed by atoms with Gasteiger partial charge in [0.1, 0.15) is 11.9 Å². The van der Waals surface area contributed by atoms with Gasteiger partial charge in [0.25, 0.3) is 0 Å². The van der Waals surface area contributed by atoms with Crippen LogP contribution in [0, 0.1) is 0 Å². The minimum atomic E-state index is -0.145. The fourth-order valence-electron chi connectivity index (χ4n) is 4.65. The molecular formula is C25H29N5O3. The van der Waals surface area contributed by atoms with Crippen molar-refractivity contribution in [2.75, 3.05) is 31.6 Å². The van der Waals surface area contributed by atoms with Gasteiger partial charge in [-0.2, -0.15) is 15.0 Å². The summed E-state index contributed by atoms with van der Waals surface area (Å²) in [4.78, 5) is 18.3. The lowest BCUT2D eigenvalue weighted by atomic mass is 9.94. The molecule has 33 heavy (non-hydrogen) atoms. The highest BCUT2D eigenvalue weighted by Gasteiger charge is 2.29. The monoisotopic (exact) mass is 447 g/mol. The van der Waals surface area contributed by atoms with E-state index in [2.05, 4.69) is 34.0 Å². The third-order valence-electron chi connectivity index (χ3n) is 6.38. The Morgan fingerprint density at radius 3 is 2.70 bits per heavy atom. The zero-order valence-corrected chi connectivity index (χ0v) is 18.8. The molecule has 1 fully saturated rings. The Morgan fingerprint density at radius 1 is 1.06 bits per heavy atom. The number of ether oxygens (including phenoxy) is 1. The molecule has 8 nitrogen and oxygen atoms in total. The normalized spacial score (nSPS) is 21.0. The van der Waals surface area contributed by atoms with E-state index < -0.39 is 0 Å². The number of likely N-dealkylation sites (N-methyl/N-ethyl adjacent to an activating group) is 1. The Kier molecular flexibility index (Phi) is 6.11. The predicted molar refractivity (Wildman–Crippen MR) is 125 cm³/mol. The largest absolute Gasteiger partial charge is 0.508 e. The van der Waals surface area contributed by atoms with Crippen molar-refractivity contribution in [3.63, 3.8) is 0 Å². The number of phenols is 1. The van der Waals surface area contributed by atoms with Crippen molar-refractivity contribution in [1.82, 2.24) is 19.9 Å². The van der Waals surface area contributed by atoms with Crippen molar-refractivity contribution in [3.8, 4) is 23.1 Å². The number of hydrogen-bond donors (Lipinski definition) is 2. The first kappa shape index (κ1) is 21.6. The van der Waals surface area contributed by atoms with Crippen LogP contribution in [0.4, 0.5) is 5.95 Å². The van der Waals surface area contributed by atoms with E-state index in [0.717, 1.165) is 25.9 Å². The van der Waals surface area contributed by atoms with Crippen molar-refractivity contribution in [2.24, 2.45) is 0 Å². The highest BCUT2D eigenvalue weighted by molar-refractivity contribution is 5.59. The summed E-state index contributed by atoms with van der Waals surface area (Å²) in [7, 11) is 2.09. The highest BCUT2D eigenvalue weighted by atomic mass is 16.5. The van der Waals surface area contributed by atoms with Gasteiger partial charge in [0.2, 0.25) is 5.95 Å². The van der Waals surface area contributed by atoms with Crippen LogP contribution >= 0.6 is 0 Å². The molecule has 2 aromatic carbocycles. The lowest BCUT2D eigenvalue weighted by Gasteiger charge is -2.36. The maximum absolute atomic E-state index is 10.1. The predicted octanol–water partition coefficient (Wildman–Crippen LogP) is 2.64. The van der Waals surface area contributed by atoms with E-state index in [4.69, 9.17) is 9.72 Å². The summed E-state index contributed by atoms with van der Waals surface area (Å²) < 4.78 is 6.23. The molecule has 3 aromatic rings. The first-order valence-electron chi connectivity index (χ1n) is 11.4. The van der Waals surface area contributed by atoms with Crippen molar-refractivity contribution in [1.29, 1.82) is 0 Å². The van der Waals surface area contributed by atoms with Gasteiger partial charge in [-0.15, -0.1) is 0 Å². The Labute approximate surface area is 193 Å². The number of fused-ring (bicyclic) bond motifs is 1. The van der Waals surface area contributed by atoms with E-state index in [1.54, 1.807) is 18.2 Å². The first-order chi connectivity index (χ1) is 16.1. The molecule has 2 aliphatic heterocycles. The molecule has 8 heteroatoms. The number of anilines is 1. The van der Waals surface area contributed by atoms with E-state index in [-0.39, 0.29) is 30.5 Å². The number of aromatic hydroxyl groups is 1. The molecule has 0 spiro atoms. The fraction of sp³-hybridized carbons (Fsp3) is 0.400. The molecule has 3 heterocycles. The summed E-state index contributed by atoms with van der Waals surface area (Å²) in [6.45, 7) is 2.46. The maximum Gasteiger partial charge on any atom is 0.322 e. The van der Waals surface area contributed by atoms with Crippen LogP contribution in [0.25, 0.3) is 11.4 Å². The Hall–Kier alpha value is -3.23. The number of nitrogens with zero attached hydrogens (tertiary/aromatic N) is 5. The van der Waals surface area contributed by atoms with E-state index in [1.807, 2.05) is 23.1 Å². The molecule has 0 bridgehead atoms. The van der Waals surface area contributed by atoms with E-state index in [0.29, 0.717) is 30.3 Å². The molecule has 2 aliphatic rings. The van der Waals surface area contributed by atoms with Crippen LogP contribution in [0.15, 0.2) is 48.5 Å². The van der Waals surface area contributed by atoms with Crippen molar-refractivity contribution >= 4 is 5.95 Å². The van der Waals surface area contributed by atoms with Crippen LogP contribution in [0.2, 0.25) is 0 Å². The number of aliphatic hydroxyl groups excluding tert-OH is 1. The van der Waals surface area contributed by atoms with Gasteiger partial charge in [-0.05, 0) is 56.1 Å². The Bertz CT molecular complexity index is 1120. The molecular weight excluding hydrogens is 418 g/mol. The molecule has 1 saturated heterocycles. The molecule has 0 aliphatic carbocycles. The molecule has 5 rings (SSSR count). The second-order valence-electron chi connectivity index (χ2n) is 8.87. The van der Waals surface area contributed by atoms with Crippen LogP contribution in [-0.2, 0) is 13.0 Å². The molecule has 2 atom stereocenters. The number of aromatic nitrogens is 3. The standard InChI is InChI=1S/C25H29N5O3/c1-29-11-5-10-22(15-29)33-25-27-23(18-8-4-9-21(32)13-18)26-24(28-25)30-14-19-7-3-2-6-17(19)12-20(30)16-31/h2-4,6-9,13,20,22,31-32H,5,10-12,14-16H2,1H3/t20-,22?/m1/s1. The highest BCUT2D eigenvalue weighted by Crippen LogP contribution is 2.30. The van der Waals surface area contributed by atoms with Crippen molar-refractivity contribution in [2.45, 2.75) is 38.0 Å². The number of piperidine rings is 1. The molecule has 0 radical (unpaired) electrons. The summed E-state index contributed by atoms with van der Waals surface area (Å²) in [5.74, 6) is 1.05. The average molecular weight is 448 g/mol. The summed E-state index contributed by atoms with van der Waals surface area (Å²) >= 11 is 0. The van der Waals surface area contributed by atoms with Gasteiger partial charge in [0.15, 0.2) is 5.82 Å². The lowest BCUT2D eigenvalue weighted by molar-refractivity contribution is 0.0954. The van der Waals surface area contributed by atoms with Crippen LogP contribution in [0.3, 0.4) is 0 Å². The number of benzene rings is 2. The van der Waals surface area contributed by atoms with Crippen LogP contribution < -0.4 is 9.64 Å². The molecule has 1 unspecified atom stereocenters. The maximum atomic E-state index is 10.1. The van der Waals surface area contributed by atoms with Gasteiger partial charge < -0.3 is 24.7 Å². The molecule has 1 aromatic heterocycles. The zero-order valence-electron chi connectivity index (χ0n) is 18.8. The van der Waals surface area contributed by atoms with Crippen molar-refractivity contribution in [3.05, 3.63) is 59.7 Å². The Balaban J connectivity index is 1.53. The van der Waals surface area contributed by atoms with E-state index in [1.165, 1.54) is 11.1 Å². The lowest BCUT2D eigenvalue weighted by Crippen LogP contribution is -2.44. The quantitative estimate of drug-likeness (QED) is 0.617. The number of hydrogen-bond acceptors (Lipinski definition) is 8. The molecule has 2 N–H and O–H groups in total. The fourth-order valence-corrected chi connectivity index (χ4v) is 4.65. The molecule has 0 amide bonds. The molecule has 0 saturated carbocycles. The van der Waals surface area contributed by atoms with Crippen LogP contribution in [-0.4, -0.2) is 69.0 Å². The van der Waals surface area contributed by atoms with Gasteiger partial charge in [0, 0.05) is 18.7 Å². The zero-order chi connectivity index (χ0) is 22.8. The summed E-state index contributed by atoms with van der Waals surface area (Å²) in [5, 5.41) is 20.1. The van der Waals surface area contributed by atoms with E-state index in [9.17, 15) is 10.2 Å². The van der Waals surface area contributed by atoms with Gasteiger partial charge in [-0.25, -0.2) is 0 Å². The van der Waals surface area contributed by atoms with Crippen LogP contribution in [0.1, 0.15) is 24.0 Å². The number of likely N-dealkylation sites (tertiary alicyclic amines) is 1. The first-order valence-corrected chi connectivity index (χ1v) is 11.4. The van der Waals surface area contributed by atoms with Gasteiger partial charge in [-0.3, -0.25) is 0 Å². The van der Waals surface area contributed by atoms with Gasteiger partial charge >= 0.3 is 6.01 Å². The smallest absolute Gasteiger partial charge is 0.322 e. The minimum absolute atomic E-state index is 0.00625. The van der Waals surface area contributed by atoms with Gasteiger partial charge in [0.05, 0.1) is 12.6 Å². The van der Waals surface area contributed by atoms with Crippen molar-refractivity contribution < 1.29 is 14.9 Å².